The lowest BCUT2D eigenvalue weighted by Crippen LogP contribution is -2.12. The minimum atomic E-state index is -1.12. The summed E-state index contributed by atoms with van der Waals surface area (Å²) < 4.78 is 0. The number of nitrogens with zero attached hydrogens (tertiary/aromatic N) is 1. The zero-order valence-electron chi connectivity index (χ0n) is 12.8. The average Bonchev–Trinajstić information content (AvgIpc) is 2.54. The van der Waals surface area contributed by atoms with Crippen LogP contribution in [-0.2, 0) is 0 Å². The number of aryl methyl sites for hydroxylation is 1. The van der Waals surface area contributed by atoms with Gasteiger partial charge in [0.1, 0.15) is 5.75 Å². The van der Waals surface area contributed by atoms with Crippen molar-refractivity contribution in [3.63, 3.8) is 0 Å². The number of aromatic carboxylic acids is 1. The number of hydrogen-bond acceptors (Lipinski definition) is 4. The molecule has 3 rings (SSSR count). The van der Waals surface area contributed by atoms with Crippen LogP contribution < -0.4 is 5.32 Å². The number of carbonyl (C=O) groups is 2. The largest absolute Gasteiger partial charge is 0.508 e. The fraction of sp³-hybridized carbons (Fsp3) is 0.0556. The first-order valence-electron chi connectivity index (χ1n) is 7.20. The highest BCUT2D eigenvalue weighted by Gasteiger charge is 2.15. The minimum absolute atomic E-state index is 0.00576. The van der Waals surface area contributed by atoms with Gasteiger partial charge in [0.25, 0.3) is 5.91 Å². The zero-order chi connectivity index (χ0) is 17.3. The molecule has 120 valence electrons. The second-order valence-electron chi connectivity index (χ2n) is 5.32. The fourth-order valence-electron chi connectivity index (χ4n) is 2.52. The van der Waals surface area contributed by atoms with Crippen LogP contribution in [0, 0.1) is 6.92 Å². The number of hydrogen-bond donors (Lipinski definition) is 3. The molecule has 3 N–H and O–H groups in total. The molecular weight excluding hydrogens is 308 g/mol. The van der Waals surface area contributed by atoms with Crippen LogP contribution in [0.3, 0.4) is 0 Å². The third-order valence-corrected chi connectivity index (χ3v) is 3.56. The average molecular weight is 322 g/mol. The highest BCUT2D eigenvalue weighted by atomic mass is 16.4. The van der Waals surface area contributed by atoms with E-state index in [0.29, 0.717) is 27.7 Å². The molecule has 1 amide bonds. The lowest BCUT2D eigenvalue weighted by atomic mass is 10.1. The van der Waals surface area contributed by atoms with Gasteiger partial charge in [0.15, 0.2) is 5.69 Å². The van der Waals surface area contributed by atoms with Crippen molar-refractivity contribution in [2.75, 3.05) is 5.32 Å². The van der Waals surface area contributed by atoms with Gasteiger partial charge in [-0.15, -0.1) is 0 Å². The molecule has 0 bridgehead atoms. The predicted molar refractivity (Wildman–Crippen MR) is 89.5 cm³/mol. The van der Waals surface area contributed by atoms with Gasteiger partial charge in [-0.1, -0.05) is 18.2 Å². The van der Waals surface area contributed by atoms with Crippen LogP contribution in [0.2, 0.25) is 0 Å². The molecular formula is C18H14N2O4. The van der Waals surface area contributed by atoms with E-state index in [0.717, 1.165) is 0 Å². The summed E-state index contributed by atoms with van der Waals surface area (Å²) >= 11 is 0. The molecule has 0 spiro atoms. The van der Waals surface area contributed by atoms with Crippen LogP contribution in [0.1, 0.15) is 26.5 Å². The number of rotatable bonds is 3. The second-order valence-corrected chi connectivity index (χ2v) is 5.32. The van der Waals surface area contributed by atoms with E-state index in [1.54, 1.807) is 43.3 Å². The molecule has 24 heavy (non-hydrogen) atoms. The Morgan fingerprint density at radius 2 is 1.79 bits per heavy atom. The van der Waals surface area contributed by atoms with Gasteiger partial charge in [-0.05, 0) is 37.3 Å². The van der Waals surface area contributed by atoms with Crippen molar-refractivity contribution in [1.29, 1.82) is 0 Å². The number of nitrogens with one attached hydrogen (secondary N) is 1. The van der Waals surface area contributed by atoms with E-state index >= 15 is 0 Å². The molecule has 0 aliphatic rings. The van der Waals surface area contributed by atoms with E-state index in [-0.39, 0.29) is 11.4 Å². The Morgan fingerprint density at radius 1 is 1.04 bits per heavy atom. The summed E-state index contributed by atoms with van der Waals surface area (Å²) in [6.07, 6.45) is 0. The van der Waals surface area contributed by atoms with Gasteiger partial charge in [-0.2, -0.15) is 0 Å². The van der Waals surface area contributed by atoms with Crippen molar-refractivity contribution in [1.82, 2.24) is 4.98 Å². The number of aromatic hydroxyl groups is 1. The van der Waals surface area contributed by atoms with E-state index in [1.165, 1.54) is 12.1 Å². The number of fused-ring (bicyclic) bond motifs is 1. The van der Waals surface area contributed by atoms with Gasteiger partial charge in [-0.3, -0.25) is 4.79 Å². The van der Waals surface area contributed by atoms with Crippen LogP contribution in [0.15, 0.2) is 48.5 Å². The summed E-state index contributed by atoms with van der Waals surface area (Å²) in [7, 11) is 0. The quantitative estimate of drug-likeness (QED) is 0.687. The molecule has 1 heterocycles. The van der Waals surface area contributed by atoms with Crippen molar-refractivity contribution in [3.8, 4) is 5.75 Å². The number of carbonyl (C=O) groups excluding carboxylic acids is 1. The van der Waals surface area contributed by atoms with Crippen LogP contribution in [0.5, 0.6) is 5.75 Å². The van der Waals surface area contributed by atoms with Crippen molar-refractivity contribution in [2.45, 2.75) is 6.92 Å². The number of phenols is 1. The molecule has 0 aliphatic carbocycles. The first kappa shape index (κ1) is 15.5. The van der Waals surface area contributed by atoms with E-state index in [4.69, 9.17) is 0 Å². The Balaban J connectivity index is 2.07. The Kier molecular flexibility index (Phi) is 3.87. The number of carboxylic acid groups (broad SMARTS) is 1. The van der Waals surface area contributed by atoms with E-state index in [2.05, 4.69) is 10.3 Å². The highest BCUT2D eigenvalue weighted by Crippen LogP contribution is 2.27. The van der Waals surface area contributed by atoms with Gasteiger partial charge in [0, 0.05) is 27.7 Å². The number of benzene rings is 2. The van der Waals surface area contributed by atoms with Gasteiger partial charge in [0.2, 0.25) is 0 Å². The van der Waals surface area contributed by atoms with Crippen LogP contribution in [-0.4, -0.2) is 27.1 Å². The summed E-state index contributed by atoms with van der Waals surface area (Å²) in [6, 6.07) is 12.7. The molecule has 0 radical (unpaired) electrons. The number of amides is 1. The Hall–Kier alpha value is -3.41. The number of anilines is 1. The van der Waals surface area contributed by atoms with Crippen LogP contribution in [0.25, 0.3) is 10.8 Å². The summed E-state index contributed by atoms with van der Waals surface area (Å²) in [4.78, 5) is 27.8. The van der Waals surface area contributed by atoms with E-state index < -0.39 is 11.9 Å². The summed E-state index contributed by atoms with van der Waals surface area (Å²) in [5.74, 6) is -1.53. The number of pyridine rings is 1. The van der Waals surface area contributed by atoms with Gasteiger partial charge < -0.3 is 15.5 Å². The number of phenolic OH excluding ortho intramolecular Hbond substituents is 1. The molecule has 0 aliphatic heterocycles. The van der Waals surface area contributed by atoms with Crippen molar-refractivity contribution >= 4 is 28.3 Å². The third-order valence-electron chi connectivity index (χ3n) is 3.56. The lowest BCUT2D eigenvalue weighted by Gasteiger charge is -2.11. The maximum absolute atomic E-state index is 12.4. The number of carboxylic acids is 1. The topological polar surface area (TPSA) is 99.5 Å². The van der Waals surface area contributed by atoms with Crippen molar-refractivity contribution in [2.24, 2.45) is 0 Å². The molecule has 6 nitrogen and oxygen atoms in total. The van der Waals surface area contributed by atoms with Gasteiger partial charge in [0.05, 0.1) is 0 Å². The molecule has 0 saturated carbocycles. The molecule has 1 aromatic heterocycles. The first-order valence-corrected chi connectivity index (χ1v) is 7.20. The molecule has 0 saturated heterocycles. The smallest absolute Gasteiger partial charge is 0.355 e. The van der Waals surface area contributed by atoms with Crippen molar-refractivity contribution in [3.05, 3.63) is 65.5 Å². The maximum Gasteiger partial charge on any atom is 0.355 e. The van der Waals surface area contributed by atoms with Crippen LogP contribution >= 0.6 is 0 Å². The molecule has 0 fully saturated rings. The monoisotopic (exact) mass is 322 g/mol. The van der Waals surface area contributed by atoms with Gasteiger partial charge in [-0.25, -0.2) is 9.78 Å². The maximum atomic E-state index is 12.4. The third kappa shape index (κ3) is 2.89. The van der Waals surface area contributed by atoms with Crippen LogP contribution in [0.4, 0.5) is 5.69 Å². The Morgan fingerprint density at radius 3 is 2.50 bits per heavy atom. The second kappa shape index (κ2) is 6.00. The normalized spacial score (nSPS) is 10.5. The summed E-state index contributed by atoms with van der Waals surface area (Å²) in [6.45, 7) is 1.69. The Bertz CT molecular complexity index is 966. The zero-order valence-corrected chi connectivity index (χ0v) is 12.8. The molecule has 6 heteroatoms. The minimum Gasteiger partial charge on any atom is -0.508 e. The fourth-order valence-corrected chi connectivity index (χ4v) is 2.52. The van der Waals surface area contributed by atoms with Crippen molar-refractivity contribution < 1.29 is 19.8 Å². The SMILES string of the molecule is Cc1cc2c(NC(=O)c3cccc(O)c3)cccc2c(C(=O)O)n1. The number of aromatic nitrogens is 1. The van der Waals surface area contributed by atoms with Gasteiger partial charge >= 0.3 is 5.97 Å². The highest BCUT2D eigenvalue weighted by molar-refractivity contribution is 6.12. The summed E-state index contributed by atoms with van der Waals surface area (Å²) in [5.41, 5.74) is 1.27. The molecule has 3 aromatic rings. The first-order chi connectivity index (χ1) is 11.5. The standard InChI is InChI=1S/C18H14N2O4/c1-10-8-14-13(16(19-10)18(23)24)6-3-7-15(14)20-17(22)11-4-2-5-12(21)9-11/h2-9,21H,1H3,(H,20,22)(H,23,24). The lowest BCUT2D eigenvalue weighted by molar-refractivity contribution is 0.0692. The van der Waals surface area contributed by atoms with E-state index in [1.807, 2.05) is 0 Å². The predicted octanol–water partition coefficient (Wildman–Crippen LogP) is 3.20. The molecule has 0 unspecified atom stereocenters. The Labute approximate surface area is 137 Å². The molecule has 2 aromatic carbocycles. The summed E-state index contributed by atoms with van der Waals surface area (Å²) in [5, 5.41) is 22.6. The molecule has 0 atom stereocenters. The van der Waals surface area contributed by atoms with E-state index in [9.17, 15) is 19.8 Å².